The van der Waals surface area contributed by atoms with Crippen molar-refractivity contribution in [1.82, 2.24) is 9.55 Å². The number of aliphatic hydroxyl groups excluding tert-OH is 2. The lowest BCUT2D eigenvalue weighted by atomic mass is 10.0. The number of hydrogen-bond acceptors (Lipinski definition) is 4. The molecule has 6 nitrogen and oxygen atoms in total. The first-order valence-corrected chi connectivity index (χ1v) is 6.87. The smallest absolute Gasteiger partial charge is 0.328 e. The maximum Gasteiger partial charge on any atom is 0.328 e. The van der Waals surface area contributed by atoms with Crippen molar-refractivity contribution in [2.75, 3.05) is 6.61 Å². The van der Waals surface area contributed by atoms with Crippen LogP contribution in [0.4, 0.5) is 0 Å². The molecular weight excluding hydrogens is 351 g/mol. The fraction of sp³-hybridized carbons (Fsp3) is 0.636. The zero-order valence-electron chi connectivity index (χ0n) is 9.47. The van der Waals surface area contributed by atoms with E-state index in [4.69, 9.17) is 0 Å². The molecule has 18 heavy (non-hydrogen) atoms. The Morgan fingerprint density at radius 1 is 1.56 bits per heavy atom. The molecule has 3 rings (SSSR count). The third kappa shape index (κ3) is 1.53. The van der Waals surface area contributed by atoms with Crippen LogP contribution in [0.1, 0.15) is 18.9 Å². The molecule has 0 saturated heterocycles. The summed E-state index contributed by atoms with van der Waals surface area (Å²) in [6, 6.07) is -0.134. The van der Waals surface area contributed by atoms with Crippen LogP contribution in [-0.4, -0.2) is 32.5 Å². The fourth-order valence-electron chi connectivity index (χ4n) is 3.18. The van der Waals surface area contributed by atoms with Gasteiger partial charge in [0.1, 0.15) is 0 Å². The summed E-state index contributed by atoms with van der Waals surface area (Å²) in [6.07, 6.45) is 2.14. The van der Waals surface area contributed by atoms with E-state index in [1.807, 2.05) is 22.6 Å². The normalized spacial score (nSPS) is 37.6. The second-order valence-electron chi connectivity index (χ2n) is 5.16. The number of rotatable bonds is 2. The average Bonchev–Trinajstić information content (AvgIpc) is 3.01. The van der Waals surface area contributed by atoms with E-state index >= 15 is 0 Å². The minimum Gasteiger partial charge on any atom is -0.396 e. The van der Waals surface area contributed by atoms with E-state index in [-0.39, 0.29) is 24.1 Å². The Labute approximate surface area is 116 Å². The van der Waals surface area contributed by atoms with Gasteiger partial charge in [-0.15, -0.1) is 0 Å². The van der Waals surface area contributed by atoms with Gasteiger partial charge >= 0.3 is 5.69 Å². The molecule has 4 atom stereocenters. The second kappa shape index (κ2) is 3.91. The Bertz CT molecular complexity index is 610. The summed E-state index contributed by atoms with van der Waals surface area (Å²) in [4.78, 5) is 25.4. The second-order valence-corrected chi connectivity index (χ2v) is 6.33. The van der Waals surface area contributed by atoms with Crippen molar-refractivity contribution in [2.45, 2.75) is 25.0 Å². The minimum atomic E-state index is -0.575. The lowest BCUT2D eigenvalue weighted by Gasteiger charge is -2.16. The van der Waals surface area contributed by atoms with Crippen molar-refractivity contribution in [3.63, 3.8) is 0 Å². The van der Waals surface area contributed by atoms with Crippen molar-refractivity contribution in [3.8, 4) is 0 Å². The number of halogens is 1. The van der Waals surface area contributed by atoms with Gasteiger partial charge in [-0.3, -0.25) is 14.3 Å². The molecule has 0 aliphatic heterocycles. The Balaban J connectivity index is 2.02. The van der Waals surface area contributed by atoms with Crippen molar-refractivity contribution in [2.24, 2.45) is 11.3 Å². The SMILES string of the molecule is O=c1[nH]c(=O)n([C@H]2C[C@H](O)[C@]3(CO)C[C@H]23)cc1I. The van der Waals surface area contributed by atoms with Crippen molar-refractivity contribution in [1.29, 1.82) is 0 Å². The van der Waals surface area contributed by atoms with Gasteiger partial charge < -0.3 is 10.2 Å². The van der Waals surface area contributed by atoms with Crippen LogP contribution in [0.2, 0.25) is 0 Å². The summed E-state index contributed by atoms with van der Waals surface area (Å²) >= 11 is 1.88. The first-order chi connectivity index (χ1) is 8.49. The highest BCUT2D eigenvalue weighted by Gasteiger charge is 2.67. The summed E-state index contributed by atoms with van der Waals surface area (Å²) in [5.41, 5.74) is -1.26. The Kier molecular flexibility index (Phi) is 2.69. The maximum absolute atomic E-state index is 11.8. The van der Waals surface area contributed by atoms with Gasteiger partial charge in [0.2, 0.25) is 0 Å². The summed E-state index contributed by atoms with van der Waals surface area (Å²) in [5, 5.41) is 19.4. The monoisotopic (exact) mass is 364 g/mol. The van der Waals surface area contributed by atoms with Crippen LogP contribution in [-0.2, 0) is 0 Å². The molecular formula is C11H13IN2O4. The van der Waals surface area contributed by atoms with Crippen LogP contribution in [0.15, 0.2) is 15.8 Å². The lowest BCUT2D eigenvalue weighted by Crippen LogP contribution is -2.34. The molecule has 98 valence electrons. The molecule has 0 spiro atoms. The maximum atomic E-state index is 11.8. The van der Waals surface area contributed by atoms with E-state index < -0.39 is 17.2 Å². The van der Waals surface area contributed by atoms with E-state index in [9.17, 15) is 19.8 Å². The van der Waals surface area contributed by atoms with Gasteiger partial charge in [-0.05, 0) is 41.4 Å². The van der Waals surface area contributed by atoms with Crippen LogP contribution >= 0.6 is 22.6 Å². The topological polar surface area (TPSA) is 95.3 Å². The third-order valence-corrected chi connectivity index (χ3v) is 5.12. The van der Waals surface area contributed by atoms with E-state index in [1.54, 1.807) is 0 Å². The highest BCUT2D eigenvalue weighted by molar-refractivity contribution is 14.1. The fourth-order valence-corrected chi connectivity index (χ4v) is 3.62. The molecule has 3 N–H and O–H groups in total. The largest absolute Gasteiger partial charge is 0.396 e. The highest BCUT2D eigenvalue weighted by atomic mass is 127. The number of aromatic nitrogens is 2. The van der Waals surface area contributed by atoms with Crippen LogP contribution in [0.5, 0.6) is 0 Å². The first kappa shape index (κ1) is 12.4. The number of fused-ring (bicyclic) bond motifs is 1. The molecule has 1 heterocycles. The third-order valence-electron chi connectivity index (χ3n) is 4.35. The molecule has 0 amide bonds. The lowest BCUT2D eigenvalue weighted by molar-refractivity contribution is 0.0599. The van der Waals surface area contributed by atoms with Crippen molar-refractivity contribution >= 4 is 22.6 Å². The molecule has 2 aliphatic carbocycles. The summed E-state index contributed by atoms with van der Waals surface area (Å²) in [6.45, 7) is -0.0511. The van der Waals surface area contributed by atoms with Gasteiger partial charge in [0.05, 0.1) is 16.3 Å². The number of aromatic amines is 1. The van der Waals surface area contributed by atoms with Crippen LogP contribution in [0, 0.1) is 14.9 Å². The van der Waals surface area contributed by atoms with Crippen LogP contribution in [0.25, 0.3) is 0 Å². The van der Waals surface area contributed by atoms with E-state index in [0.29, 0.717) is 9.99 Å². The number of aliphatic hydroxyl groups is 2. The molecule has 1 aromatic rings. The van der Waals surface area contributed by atoms with Gasteiger partial charge in [0.25, 0.3) is 5.56 Å². The predicted molar refractivity (Wildman–Crippen MR) is 71.3 cm³/mol. The standard InChI is InChI=1S/C11H13IN2O4/c12-6-3-14(10(18)13-9(6)17)7-1-8(16)11(4-15)2-5(7)11/h3,5,7-8,15-16H,1-2,4H2,(H,13,17,18)/t5-,7+,8+,11+/m1/s1. The van der Waals surface area contributed by atoms with Gasteiger partial charge in [-0.1, -0.05) is 0 Å². The molecule has 1 aromatic heterocycles. The molecule has 0 bridgehead atoms. The number of hydrogen-bond donors (Lipinski definition) is 3. The molecule has 0 radical (unpaired) electrons. The van der Waals surface area contributed by atoms with Crippen molar-refractivity contribution in [3.05, 3.63) is 30.6 Å². The molecule has 2 fully saturated rings. The molecule has 0 aromatic carbocycles. The van der Waals surface area contributed by atoms with Gasteiger partial charge in [-0.25, -0.2) is 4.79 Å². The Morgan fingerprint density at radius 2 is 2.28 bits per heavy atom. The first-order valence-electron chi connectivity index (χ1n) is 5.79. The van der Waals surface area contributed by atoms with Crippen molar-refractivity contribution < 1.29 is 10.2 Å². The van der Waals surface area contributed by atoms with Crippen LogP contribution < -0.4 is 11.2 Å². The van der Waals surface area contributed by atoms with E-state index in [0.717, 1.165) is 6.42 Å². The summed E-state index contributed by atoms with van der Waals surface area (Å²) in [5.74, 6) is 0.122. The van der Waals surface area contributed by atoms with Gasteiger partial charge in [0, 0.05) is 17.7 Å². The molecule has 0 unspecified atom stereocenters. The Hall–Kier alpha value is -0.670. The molecule has 7 heteroatoms. The molecule has 2 saturated carbocycles. The number of nitrogens with one attached hydrogen (secondary N) is 1. The zero-order valence-corrected chi connectivity index (χ0v) is 11.6. The zero-order chi connectivity index (χ0) is 13.1. The quantitative estimate of drug-likeness (QED) is 0.614. The summed E-state index contributed by atoms with van der Waals surface area (Å²) in [7, 11) is 0. The molecule has 2 aliphatic rings. The van der Waals surface area contributed by atoms with E-state index in [1.165, 1.54) is 10.8 Å². The van der Waals surface area contributed by atoms with E-state index in [2.05, 4.69) is 4.98 Å². The Morgan fingerprint density at radius 3 is 2.83 bits per heavy atom. The predicted octanol–water partition coefficient (Wildman–Crippen LogP) is -0.555. The number of H-pyrrole nitrogens is 1. The van der Waals surface area contributed by atoms with Crippen LogP contribution in [0.3, 0.4) is 0 Å². The minimum absolute atomic E-state index is 0.0511. The highest BCUT2D eigenvalue weighted by Crippen LogP contribution is 2.66. The average molecular weight is 364 g/mol. The van der Waals surface area contributed by atoms with Gasteiger partial charge in [-0.2, -0.15) is 0 Å². The summed E-state index contributed by atoms with van der Waals surface area (Å²) < 4.78 is 1.94. The van der Waals surface area contributed by atoms with Gasteiger partial charge in [0.15, 0.2) is 0 Å². The number of nitrogens with zero attached hydrogens (tertiary/aromatic N) is 1.